The van der Waals surface area contributed by atoms with Crippen LogP contribution in [0.2, 0.25) is 0 Å². The van der Waals surface area contributed by atoms with Gasteiger partial charge in [0.05, 0.1) is 34.0 Å². The number of hydrogen-bond donors (Lipinski definition) is 3. The van der Waals surface area contributed by atoms with Crippen molar-refractivity contribution in [1.29, 1.82) is 0 Å². The van der Waals surface area contributed by atoms with Crippen LogP contribution in [0.5, 0.6) is 5.75 Å². The van der Waals surface area contributed by atoms with Gasteiger partial charge in [0.15, 0.2) is 10.8 Å². The van der Waals surface area contributed by atoms with Crippen molar-refractivity contribution >= 4 is 78.7 Å². The molecule has 1 unspecified atom stereocenters. The van der Waals surface area contributed by atoms with E-state index < -0.39 is 17.5 Å². The predicted molar refractivity (Wildman–Crippen MR) is 287 cm³/mol. The number of imide groups is 1. The van der Waals surface area contributed by atoms with E-state index in [1.54, 1.807) is 4.68 Å². The predicted octanol–water partition coefficient (Wildman–Crippen LogP) is 9.35. The van der Waals surface area contributed by atoms with E-state index in [2.05, 4.69) is 41.9 Å². The van der Waals surface area contributed by atoms with Crippen molar-refractivity contribution in [3.63, 3.8) is 0 Å². The molecule has 0 radical (unpaired) electrons. The summed E-state index contributed by atoms with van der Waals surface area (Å²) >= 11 is 1.44. The quantitative estimate of drug-likeness (QED) is 0.0533. The van der Waals surface area contributed by atoms with Crippen molar-refractivity contribution in [2.24, 2.45) is 13.0 Å². The molecule has 16 nitrogen and oxygen atoms in total. The van der Waals surface area contributed by atoms with Gasteiger partial charge in [0.25, 0.3) is 5.91 Å². The van der Waals surface area contributed by atoms with E-state index in [1.165, 1.54) is 11.3 Å². The molecule has 17 heteroatoms. The van der Waals surface area contributed by atoms with E-state index in [0.717, 1.165) is 88.0 Å². The molecule has 6 heterocycles. The van der Waals surface area contributed by atoms with Crippen LogP contribution in [0.25, 0.3) is 32.2 Å². The fourth-order valence-corrected chi connectivity index (χ4v) is 11.3. The van der Waals surface area contributed by atoms with Gasteiger partial charge in [-0.1, -0.05) is 47.7 Å². The number of hydrogen-bond acceptors (Lipinski definition) is 13. The van der Waals surface area contributed by atoms with E-state index in [0.29, 0.717) is 72.4 Å². The third-order valence-electron chi connectivity index (χ3n) is 14.2. The molecule has 382 valence electrons. The summed E-state index contributed by atoms with van der Waals surface area (Å²) in [5.41, 5.74) is 7.36. The van der Waals surface area contributed by atoms with Crippen molar-refractivity contribution in [2.45, 2.75) is 90.7 Å². The number of likely N-dealkylation sites (tertiary alicyclic amines) is 1. The number of piperidine rings is 2. The zero-order valence-electron chi connectivity index (χ0n) is 42.5. The molecule has 4 amide bonds. The van der Waals surface area contributed by atoms with Crippen LogP contribution in [0.3, 0.4) is 0 Å². The Kier molecular flexibility index (Phi) is 14.3. The first-order valence-electron chi connectivity index (χ1n) is 25.5. The Balaban J connectivity index is 0.741. The largest absolute Gasteiger partial charge is 0.493 e. The number of nitrogens with one attached hydrogen (secondary N) is 3. The summed E-state index contributed by atoms with van der Waals surface area (Å²) < 4.78 is 15.1. The molecule has 0 aliphatic carbocycles. The van der Waals surface area contributed by atoms with Crippen LogP contribution in [0.1, 0.15) is 108 Å². The average molecular weight is 1020 g/mol. The van der Waals surface area contributed by atoms with Gasteiger partial charge >= 0.3 is 5.97 Å². The van der Waals surface area contributed by atoms with E-state index in [1.807, 2.05) is 120 Å². The third-order valence-corrected chi connectivity index (χ3v) is 15.1. The summed E-state index contributed by atoms with van der Waals surface area (Å²) in [5, 5.41) is 14.5. The Hall–Kier alpha value is -7.50. The summed E-state index contributed by atoms with van der Waals surface area (Å²) in [6.07, 6.45) is 4.50. The summed E-state index contributed by atoms with van der Waals surface area (Å²) in [4.78, 5) is 79.5. The molecule has 3 aliphatic heterocycles. The second-order valence-corrected chi connectivity index (χ2v) is 21.6. The van der Waals surface area contributed by atoms with Gasteiger partial charge in [-0.2, -0.15) is 5.10 Å². The Labute approximate surface area is 433 Å². The normalized spacial score (nSPS) is 16.5. The fourth-order valence-electron chi connectivity index (χ4n) is 10.4. The molecular formula is C57H61N9O7S. The highest BCUT2D eigenvalue weighted by Gasteiger charge is 2.32. The molecule has 2 saturated heterocycles. The lowest BCUT2D eigenvalue weighted by Gasteiger charge is -2.31. The first-order valence-corrected chi connectivity index (χ1v) is 26.3. The van der Waals surface area contributed by atoms with Crippen molar-refractivity contribution in [3.05, 3.63) is 125 Å². The zero-order chi connectivity index (χ0) is 51.7. The second kappa shape index (κ2) is 21.2. The SMILES string of the molecule is Cc1c(OCCCN2CCC(CC(=O)Nc3ccc4c(C5CCC(=O)NC5=O)nn(C)c4c3)CC2)cccc1-c1ccc(N2CCc3cccc(C(=O)Nc4nc5ccccc5s4)c3C2)nc1C(=O)OC(C)(C)C. The first-order chi connectivity index (χ1) is 35.6. The third kappa shape index (κ3) is 11.0. The van der Waals surface area contributed by atoms with Crippen LogP contribution in [0.4, 0.5) is 16.6 Å². The Bertz CT molecular complexity index is 3280. The highest BCUT2D eigenvalue weighted by atomic mass is 32.1. The van der Waals surface area contributed by atoms with Crippen LogP contribution in [-0.4, -0.2) is 92.6 Å². The number of thiazole rings is 1. The van der Waals surface area contributed by atoms with Gasteiger partial charge in [-0.15, -0.1) is 0 Å². The number of nitrogens with zero attached hydrogens (tertiary/aromatic N) is 6. The number of rotatable bonds is 14. The number of para-hydroxylation sites is 1. The minimum absolute atomic E-state index is 0.0295. The number of pyridine rings is 1. The smallest absolute Gasteiger partial charge is 0.358 e. The van der Waals surface area contributed by atoms with Crippen molar-refractivity contribution in [1.82, 2.24) is 30.0 Å². The van der Waals surface area contributed by atoms with E-state index in [4.69, 9.17) is 14.5 Å². The number of amides is 4. The van der Waals surface area contributed by atoms with E-state index in [9.17, 15) is 24.0 Å². The summed E-state index contributed by atoms with van der Waals surface area (Å²) in [7, 11) is 1.81. The summed E-state index contributed by atoms with van der Waals surface area (Å²) in [5.74, 6) is -0.228. The number of fused-ring (bicyclic) bond motifs is 3. The fraction of sp³-hybridized carbons (Fsp3) is 0.368. The maximum atomic E-state index is 14.0. The number of aryl methyl sites for hydroxylation is 1. The number of benzene rings is 4. The van der Waals surface area contributed by atoms with Crippen molar-refractivity contribution < 1.29 is 33.4 Å². The molecule has 3 N–H and O–H groups in total. The van der Waals surface area contributed by atoms with Gasteiger partial charge in [-0.05, 0) is 156 Å². The van der Waals surface area contributed by atoms with Gasteiger partial charge in [0, 0.05) is 61.7 Å². The van der Waals surface area contributed by atoms with Gasteiger partial charge in [0.2, 0.25) is 17.7 Å². The molecule has 7 aromatic rings. The molecule has 2 fully saturated rings. The number of carbonyl (C=O) groups excluding carboxylic acids is 5. The van der Waals surface area contributed by atoms with Gasteiger partial charge in [0.1, 0.15) is 17.2 Å². The van der Waals surface area contributed by atoms with Crippen LogP contribution >= 0.6 is 11.3 Å². The number of aromatic nitrogens is 4. The zero-order valence-corrected chi connectivity index (χ0v) is 43.3. The van der Waals surface area contributed by atoms with E-state index in [-0.39, 0.29) is 41.7 Å². The molecule has 10 rings (SSSR count). The number of ether oxygens (including phenoxy) is 2. The lowest BCUT2D eigenvalue weighted by atomic mass is 9.92. The molecule has 3 aromatic heterocycles. The molecular weight excluding hydrogens is 955 g/mol. The Morgan fingerprint density at radius 1 is 0.865 bits per heavy atom. The van der Waals surface area contributed by atoms with Gasteiger partial charge in [-0.25, -0.2) is 14.8 Å². The van der Waals surface area contributed by atoms with Crippen LogP contribution in [0.15, 0.2) is 91.0 Å². The second-order valence-electron chi connectivity index (χ2n) is 20.5. The minimum Gasteiger partial charge on any atom is -0.493 e. The Morgan fingerprint density at radius 3 is 2.47 bits per heavy atom. The molecule has 1 atom stereocenters. The number of anilines is 3. The maximum absolute atomic E-state index is 14.0. The molecule has 3 aliphatic rings. The maximum Gasteiger partial charge on any atom is 0.358 e. The molecule has 4 aromatic carbocycles. The van der Waals surface area contributed by atoms with Crippen molar-refractivity contribution in [3.8, 4) is 16.9 Å². The number of carbonyl (C=O) groups is 5. The van der Waals surface area contributed by atoms with Gasteiger partial charge < -0.3 is 24.6 Å². The standard InChI is InChI=1S/C57H61N9O7S/c1-34-38(39-19-21-48(60-52(39)55(71)73-57(2,3)4)66-29-25-36-11-8-13-40(43(36)33-66)53(69)62-56-59-44-14-6-7-16-47(44)74-56)12-9-15-46(34)72-30-10-26-65-27-23-35(24-28-65)31-50(68)58-37-17-18-41-45(32-37)64(5)63-51(41)42-20-22-49(67)61-54(42)70/h6-9,11-19,21,32,35,42H,10,20,22-31,33H2,1-5H3,(H,58,68)(H,59,62,69)(H,61,67,70). The lowest BCUT2D eigenvalue weighted by molar-refractivity contribution is -0.134. The Morgan fingerprint density at radius 2 is 1.68 bits per heavy atom. The van der Waals surface area contributed by atoms with Gasteiger partial charge in [-0.3, -0.25) is 34.5 Å². The average Bonchev–Trinajstić information content (AvgIpc) is 3.94. The number of esters is 1. The molecule has 0 bridgehead atoms. The van der Waals surface area contributed by atoms with Crippen molar-refractivity contribution in [2.75, 3.05) is 48.3 Å². The summed E-state index contributed by atoms with van der Waals surface area (Å²) in [6, 6.07) is 29.0. The minimum atomic E-state index is -0.752. The lowest BCUT2D eigenvalue weighted by Crippen LogP contribution is -2.39. The van der Waals surface area contributed by atoms with Crippen LogP contribution in [0, 0.1) is 12.8 Å². The molecule has 0 saturated carbocycles. The highest BCUT2D eigenvalue weighted by molar-refractivity contribution is 7.22. The molecule has 74 heavy (non-hydrogen) atoms. The van der Waals surface area contributed by atoms with Crippen LogP contribution in [-0.2, 0) is 39.1 Å². The highest BCUT2D eigenvalue weighted by Crippen LogP contribution is 2.37. The topological polar surface area (TPSA) is 190 Å². The van der Waals surface area contributed by atoms with E-state index >= 15 is 0 Å². The first kappa shape index (κ1) is 50.1. The summed E-state index contributed by atoms with van der Waals surface area (Å²) in [6.45, 7) is 11.8. The van der Waals surface area contributed by atoms with Crippen LogP contribution < -0.4 is 25.6 Å². The monoisotopic (exact) mass is 1020 g/mol. The molecule has 0 spiro atoms.